The lowest BCUT2D eigenvalue weighted by Gasteiger charge is -2.22. The first-order valence-corrected chi connectivity index (χ1v) is 24.5. The van der Waals surface area contributed by atoms with E-state index in [1.165, 1.54) is 0 Å². The summed E-state index contributed by atoms with van der Waals surface area (Å²) in [6, 6.07) is -0.458. The molecule has 3 aliphatic rings. The number of amides is 8. The summed E-state index contributed by atoms with van der Waals surface area (Å²) in [7, 11) is 0. The Kier molecular flexibility index (Phi) is 29.8. The minimum absolute atomic E-state index is 0.0618. The van der Waals surface area contributed by atoms with Gasteiger partial charge in [0.1, 0.15) is 22.8 Å². The minimum atomic E-state index is -1.48. The summed E-state index contributed by atoms with van der Waals surface area (Å²) in [5.41, 5.74) is 4.24. The van der Waals surface area contributed by atoms with Crippen LogP contribution in [-0.2, 0) is 71.9 Å². The number of alkyl carbamates (subject to hydrolysis) is 2. The van der Waals surface area contributed by atoms with E-state index < -0.39 is 94.5 Å². The molecule has 3 atom stereocenters. The molecule has 3 saturated heterocycles. The van der Waals surface area contributed by atoms with Crippen molar-refractivity contribution in [3.8, 4) is 0 Å². The molecular weight excluding hydrogens is 965 g/mol. The van der Waals surface area contributed by atoms with E-state index in [4.69, 9.17) is 29.9 Å². The van der Waals surface area contributed by atoms with Gasteiger partial charge in [0, 0.05) is 51.6 Å². The van der Waals surface area contributed by atoms with Crippen molar-refractivity contribution in [3.63, 3.8) is 0 Å². The Hall–Kier alpha value is -6.40. The summed E-state index contributed by atoms with van der Waals surface area (Å²) in [6.45, 7) is 22.8. The minimum Gasteiger partial charge on any atom is -0.481 e. The van der Waals surface area contributed by atoms with Crippen LogP contribution in [0.4, 0.5) is 14.4 Å². The number of nitrogens with one attached hydrogen (secondary N) is 2. The van der Waals surface area contributed by atoms with Crippen molar-refractivity contribution in [1.29, 1.82) is 0 Å². The van der Waals surface area contributed by atoms with Gasteiger partial charge in [-0.05, 0) is 94.4 Å². The molecule has 0 aliphatic carbocycles. The number of nitrogens with zero attached hydrogens (tertiary/aromatic N) is 3. The number of carbonyl (C=O) groups is 12. The van der Waals surface area contributed by atoms with E-state index in [0.717, 1.165) is 38.5 Å². The number of esters is 1. The van der Waals surface area contributed by atoms with Crippen molar-refractivity contribution in [2.75, 3.05) is 13.1 Å². The highest BCUT2D eigenvalue weighted by Gasteiger charge is 2.38. The standard InChI is InChI=1S/C16H26N2O6.C12H23NO4.C11H23NO2.C9H8N2O7/c1-11(14(21)24-18-12(19)8-9-13(18)20)7-5-6-10-17-15(22)23-16(2,3)4;1-9(10(14)15)7-5-6-8-13-11(16)17-12(2,3)4;1-5-6-7-8-9(12)10(13)14-11(2,3)4;12-5-1-2-6(13)10(5)17-9(16)18-11-7(14)3-4-8(11)15/h11H,5-10H2,1-4H3,(H,17,22);9H,5-8H2,1-4H3,(H,13,16)(H,14,15);9H,5-8,12H2,1-4H3;1-4H2/t;;9-;/m..0./s1. The number of rotatable bonds is 20. The molecule has 5 N–H and O–H groups in total. The maximum atomic E-state index is 11.9. The summed E-state index contributed by atoms with van der Waals surface area (Å²) in [5.74, 6) is -6.12. The van der Waals surface area contributed by atoms with Crippen molar-refractivity contribution in [1.82, 2.24) is 25.8 Å². The number of hydroxylamine groups is 6. The SMILES string of the molecule is CC(CCCCNC(=O)OC(C)(C)C)C(=O)O.CC(CCCCNC(=O)OC(C)(C)C)C(=O)ON1C(=O)CCC1=O.CCCCC[C@H](N)C(=O)OC(C)(C)C.O=C(ON1C(=O)CCC1=O)ON1C(=O)CCC1=O. The highest BCUT2D eigenvalue weighted by molar-refractivity contribution is 6.03. The van der Waals surface area contributed by atoms with Gasteiger partial charge in [-0.2, -0.15) is 4.79 Å². The molecule has 2 unspecified atom stereocenters. The average Bonchev–Trinajstić information content (AvgIpc) is 3.88. The Morgan fingerprint density at radius 3 is 1.16 bits per heavy atom. The fourth-order valence-electron chi connectivity index (χ4n) is 5.83. The number of nitrogens with two attached hydrogens (primary N) is 1. The molecule has 8 amide bonds. The molecule has 0 saturated carbocycles. The normalized spacial score (nSPS) is 15.8. The highest BCUT2D eigenvalue weighted by Crippen LogP contribution is 2.18. The van der Waals surface area contributed by atoms with Crippen molar-refractivity contribution in [2.45, 2.75) is 209 Å². The molecule has 0 aromatic heterocycles. The van der Waals surface area contributed by atoms with Gasteiger partial charge in [0.25, 0.3) is 35.4 Å². The van der Waals surface area contributed by atoms with Crippen LogP contribution in [0.25, 0.3) is 0 Å². The first kappa shape index (κ1) is 66.6. The van der Waals surface area contributed by atoms with E-state index in [-0.39, 0.29) is 60.5 Å². The number of imide groups is 3. The van der Waals surface area contributed by atoms with Gasteiger partial charge in [-0.15, -0.1) is 5.06 Å². The first-order chi connectivity index (χ1) is 33.7. The van der Waals surface area contributed by atoms with E-state index in [2.05, 4.69) is 27.2 Å². The third kappa shape index (κ3) is 30.9. The molecule has 73 heavy (non-hydrogen) atoms. The Bertz CT molecular complexity index is 1820. The van der Waals surface area contributed by atoms with E-state index in [1.54, 1.807) is 55.4 Å². The number of aliphatic carboxylic acids is 1. The monoisotopic (exact) mass is 1040 g/mol. The number of hydrogen-bond acceptors (Lipinski definition) is 19. The smallest absolute Gasteiger partial charge is 0.481 e. The number of carboxylic acids is 1. The Balaban J connectivity index is 0.000000966. The Morgan fingerprint density at radius 1 is 0.507 bits per heavy atom. The fourth-order valence-corrected chi connectivity index (χ4v) is 5.83. The van der Waals surface area contributed by atoms with Crippen LogP contribution in [0.3, 0.4) is 0 Å². The summed E-state index contributed by atoms with van der Waals surface area (Å²) in [4.78, 5) is 148. The van der Waals surface area contributed by atoms with Crippen molar-refractivity contribution < 1.29 is 91.4 Å². The quantitative estimate of drug-likeness (QED) is 0.0482. The zero-order valence-electron chi connectivity index (χ0n) is 44.7. The predicted octanol–water partition coefficient (Wildman–Crippen LogP) is 5.83. The van der Waals surface area contributed by atoms with Gasteiger partial charge in [0.2, 0.25) is 0 Å². The molecule has 0 spiro atoms. The summed E-state index contributed by atoms with van der Waals surface area (Å²) >= 11 is 0. The zero-order chi connectivity index (χ0) is 56.3. The van der Waals surface area contributed by atoms with Crippen LogP contribution in [0.2, 0.25) is 0 Å². The maximum absolute atomic E-state index is 11.9. The van der Waals surface area contributed by atoms with Crippen LogP contribution in [0.15, 0.2) is 0 Å². The fraction of sp³-hybridized carbons (Fsp3) is 0.750. The maximum Gasteiger partial charge on any atom is 0.560 e. The number of unbranched alkanes of at least 4 members (excludes halogenated alkanes) is 4. The van der Waals surface area contributed by atoms with E-state index in [9.17, 15) is 57.5 Å². The molecule has 0 radical (unpaired) electrons. The Labute approximate surface area is 427 Å². The second-order valence-electron chi connectivity index (χ2n) is 20.2. The van der Waals surface area contributed by atoms with Gasteiger partial charge in [-0.1, -0.05) is 63.0 Å². The van der Waals surface area contributed by atoms with Crippen molar-refractivity contribution in [2.24, 2.45) is 17.6 Å². The third-order valence-corrected chi connectivity index (χ3v) is 9.65. The summed E-state index contributed by atoms with van der Waals surface area (Å²) in [6.07, 6.45) is 5.59. The van der Waals surface area contributed by atoms with Crippen LogP contribution in [0.5, 0.6) is 0 Å². The number of carbonyl (C=O) groups excluding carboxylic acids is 11. The van der Waals surface area contributed by atoms with Crippen LogP contribution in [0.1, 0.15) is 186 Å². The number of ether oxygens (including phenoxy) is 3. The van der Waals surface area contributed by atoms with E-state index >= 15 is 0 Å². The third-order valence-electron chi connectivity index (χ3n) is 9.65. The second-order valence-corrected chi connectivity index (χ2v) is 20.2. The first-order valence-electron chi connectivity index (χ1n) is 24.5. The van der Waals surface area contributed by atoms with E-state index in [0.29, 0.717) is 43.8 Å². The Morgan fingerprint density at radius 2 is 0.836 bits per heavy atom. The molecule has 25 heteroatoms. The molecule has 3 rings (SSSR count). The van der Waals surface area contributed by atoms with Gasteiger partial charge < -0.3 is 40.5 Å². The van der Waals surface area contributed by atoms with Crippen molar-refractivity contribution >= 4 is 71.7 Å². The molecule has 3 heterocycles. The molecule has 0 bridgehead atoms. The molecule has 416 valence electrons. The number of hydrogen-bond donors (Lipinski definition) is 4. The zero-order valence-corrected chi connectivity index (χ0v) is 44.7. The molecule has 0 aromatic carbocycles. The summed E-state index contributed by atoms with van der Waals surface area (Å²) < 4.78 is 15.3. The lowest BCUT2D eigenvalue weighted by atomic mass is 10.0. The highest BCUT2D eigenvalue weighted by atomic mass is 16.9. The number of carboxylic acid groups (broad SMARTS) is 1. The lowest BCUT2D eigenvalue weighted by molar-refractivity contribution is -0.200. The summed E-state index contributed by atoms with van der Waals surface area (Å²) in [5, 5.41) is 15.0. The topological polar surface area (TPSA) is 340 Å². The van der Waals surface area contributed by atoms with E-state index in [1.807, 2.05) is 20.8 Å². The largest absolute Gasteiger partial charge is 0.560 e. The molecule has 25 nitrogen and oxygen atoms in total. The van der Waals surface area contributed by atoms with Gasteiger partial charge >= 0.3 is 36.2 Å². The van der Waals surface area contributed by atoms with Crippen LogP contribution in [-0.4, -0.2) is 128 Å². The second kappa shape index (κ2) is 32.6. The van der Waals surface area contributed by atoms with Crippen molar-refractivity contribution in [3.05, 3.63) is 0 Å². The van der Waals surface area contributed by atoms with Gasteiger partial charge in [-0.25, -0.2) is 14.4 Å². The molecule has 3 aliphatic heterocycles. The van der Waals surface area contributed by atoms with Crippen LogP contribution in [0, 0.1) is 11.8 Å². The predicted molar refractivity (Wildman–Crippen MR) is 257 cm³/mol. The van der Waals surface area contributed by atoms with Crippen LogP contribution >= 0.6 is 0 Å². The molecule has 3 fully saturated rings. The van der Waals surface area contributed by atoms with Gasteiger partial charge in [0.15, 0.2) is 0 Å². The van der Waals surface area contributed by atoms with Crippen LogP contribution < -0.4 is 16.4 Å². The molecule has 0 aromatic rings. The van der Waals surface area contributed by atoms with Gasteiger partial charge in [-0.3, -0.25) is 48.0 Å². The lowest BCUT2D eigenvalue weighted by Crippen LogP contribution is -2.37. The average molecular weight is 1050 g/mol. The molecular formula is C48H80N6O19. The van der Waals surface area contributed by atoms with Gasteiger partial charge in [0.05, 0.1) is 11.8 Å².